The van der Waals surface area contributed by atoms with E-state index in [0.29, 0.717) is 29.1 Å². The van der Waals surface area contributed by atoms with Crippen molar-refractivity contribution in [1.82, 2.24) is 0 Å². The van der Waals surface area contributed by atoms with E-state index in [1.54, 1.807) is 36.4 Å². The topological polar surface area (TPSA) is 86.7 Å². The van der Waals surface area contributed by atoms with Crippen molar-refractivity contribution in [3.63, 3.8) is 0 Å². The number of anilines is 2. The highest BCUT2D eigenvalue weighted by Gasteiger charge is 2.42. The highest BCUT2D eigenvalue weighted by atomic mass is 19.1. The molecule has 0 fully saturated rings. The second-order valence-corrected chi connectivity index (χ2v) is 9.55. The second kappa shape index (κ2) is 10.0. The number of hydrogen-bond acceptors (Lipinski definition) is 4. The van der Waals surface area contributed by atoms with Gasteiger partial charge in [0, 0.05) is 29.7 Å². The number of carbonyl (C=O) groups excluding carboxylic acids is 2. The number of rotatable bonds is 5. The van der Waals surface area contributed by atoms with Crippen molar-refractivity contribution in [2.75, 3.05) is 10.2 Å². The van der Waals surface area contributed by atoms with Crippen LogP contribution in [0.3, 0.4) is 0 Å². The number of nitrogens with one attached hydrogen (secondary N) is 1. The first-order chi connectivity index (χ1) is 17.8. The van der Waals surface area contributed by atoms with Crippen LogP contribution in [0, 0.1) is 12.7 Å². The Hall–Kier alpha value is -4.26. The molecule has 5 rings (SSSR count). The second-order valence-electron chi connectivity index (χ2n) is 9.55. The summed E-state index contributed by atoms with van der Waals surface area (Å²) in [4.78, 5) is 40.1. The number of amides is 1. The monoisotopic (exact) mass is 498 g/mol. The van der Waals surface area contributed by atoms with Gasteiger partial charge in [0.2, 0.25) is 5.91 Å². The van der Waals surface area contributed by atoms with Crippen LogP contribution < -0.4 is 10.2 Å². The summed E-state index contributed by atoms with van der Waals surface area (Å²) >= 11 is 0. The molecule has 2 N–H and O–H groups in total. The van der Waals surface area contributed by atoms with Gasteiger partial charge in [0.05, 0.1) is 23.8 Å². The van der Waals surface area contributed by atoms with Gasteiger partial charge in [0.15, 0.2) is 5.78 Å². The molecule has 2 atom stereocenters. The number of halogens is 1. The molecule has 188 valence electrons. The van der Waals surface area contributed by atoms with Gasteiger partial charge in [-0.3, -0.25) is 19.3 Å². The standard InChI is InChI=1S/C30H27FN2O4/c1-18-10-12-19(13-11-18)20-16-24-29(26(34)17-20)30(21-6-2-3-7-22(21)31)33(27(35)14-15-28(36)37)25-9-5-4-8-23(25)32-24/h2-13,20,30,32H,14-17H2,1H3,(H,36,37)/t20-,30+/m1/s1. The maximum absolute atomic E-state index is 15.3. The SMILES string of the molecule is Cc1ccc([C@H]2CC(=O)C3=C(C2)Nc2ccccc2N(C(=O)CCC(=O)O)[C@H]3c2ccccc2F)cc1. The molecule has 0 unspecified atom stereocenters. The quantitative estimate of drug-likeness (QED) is 0.457. The largest absolute Gasteiger partial charge is 0.481 e. The molecule has 1 amide bonds. The molecule has 0 aromatic heterocycles. The average molecular weight is 499 g/mol. The van der Waals surface area contributed by atoms with E-state index in [9.17, 15) is 19.5 Å². The summed E-state index contributed by atoms with van der Waals surface area (Å²) in [5, 5.41) is 12.6. The predicted molar refractivity (Wildman–Crippen MR) is 139 cm³/mol. The Morgan fingerprint density at radius 3 is 2.41 bits per heavy atom. The number of carbonyl (C=O) groups is 3. The van der Waals surface area contributed by atoms with Gasteiger partial charge < -0.3 is 10.4 Å². The number of aliphatic carboxylic acids is 1. The van der Waals surface area contributed by atoms with Crippen LogP contribution in [-0.2, 0) is 14.4 Å². The number of Topliss-reactive ketones (excluding diaryl/α,β-unsaturated/α-hetero) is 1. The minimum Gasteiger partial charge on any atom is -0.481 e. The molecule has 3 aromatic carbocycles. The zero-order valence-electron chi connectivity index (χ0n) is 20.4. The Morgan fingerprint density at radius 2 is 1.68 bits per heavy atom. The van der Waals surface area contributed by atoms with E-state index in [4.69, 9.17) is 0 Å². The maximum Gasteiger partial charge on any atom is 0.303 e. The molecular formula is C30H27FN2O4. The van der Waals surface area contributed by atoms with Crippen molar-refractivity contribution in [3.05, 3.63) is 107 Å². The van der Waals surface area contributed by atoms with Crippen molar-refractivity contribution >= 4 is 29.0 Å². The maximum atomic E-state index is 15.3. The van der Waals surface area contributed by atoms with Gasteiger partial charge in [0.25, 0.3) is 0 Å². The third-order valence-electron chi connectivity index (χ3n) is 7.06. The third-order valence-corrected chi connectivity index (χ3v) is 7.06. The van der Waals surface area contributed by atoms with E-state index < -0.39 is 23.7 Å². The minimum atomic E-state index is -1.10. The number of allylic oxidation sites excluding steroid dienone is 1. The summed E-state index contributed by atoms with van der Waals surface area (Å²) in [5.41, 5.74) is 4.43. The predicted octanol–water partition coefficient (Wildman–Crippen LogP) is 5.90. The highest BCUT2D eigenvalue weighted by Crippen LogP contribution is 2.48. The summed E-state index contributed by atoms with van der Waals surface area (Å²) in [7, 11) is 0. The van der Waals surface area contributed by atoms with Crippen molar-refractivity contribution in [2.45, 2.75) is 44.6 Å². The lowest BCUT2D eigenvalue weighted by atomic mass is 9.78. The average Bonchev–Trinajstić information content (AvgIpc) is 3.02. The molecule has 3 aromatic rings. The number of aryl methyl sites for hydroxylation is 1. The summed E-state index contributed by atoms with van der Waals surface area (Å²) in [6, 6.07) is 20.3. The van der Waals surface area contributed by atoms with Crippen LogP contribution in [-0.4, -0.2) is 22.8 Å². The minimum absolute atomic E-state index is 0.0676. The number of ketones is 1. The molecular weight excluding hydrogens is 471 g/mol. The molecule has 7 heteroatoms. The van der Waals surface area contributed by atoms with Gasteiger partial charge in [-0.15, -0.1) is 0 Å². The van der Waals surface area contributed by atoms with Crippen LogP contribution in [0.15, 0.2) is 84.1 Å². The summed E-state index contributed by atoms with van der Waals surface area (Å²) in [6.45, 7) is 2.01. The molecule has 0 bridgehead atoms. The smallest absolute Gasteiger partial charge is 0.303 e. The van der Waals surface area contributed by atoms with Gasteiger partial charge in [-0.05, 0) is 43.0 Å². The van der Waals surface area contributed by atoms with Gasteiger partial charge in [0.1, 0.15) is 5.82 Å². The Labute approximate surface area is 214 Å². The van der Waals surface area contributed by atoms with E-state index in [0.717, 1.165) is 11.1 Å². The van der Waals surface area contributed by atoms with Crippen LogP contribution in [0.2, 0.25) is 0 Å². The van der Waals surface area contributed by atoms with Gasteiger partial charge >= 0.3 is 5.97 Å². The van der Waals surface area contributed by atoms with Crippen LogP contribution in [0.5, 0.6) is 0 Å². The lowest BCUT2D eigenvalue weighted by Gasteiger charge is -2.35. The number of fused-ring (bicyclic) bond motifs is 1. The molecule has 0 saturated heterocycles. The molecule has 0 spiro atoms. The lowest BCUT2D eigenvalue weighted by Crippen LogP contribution is -2.39. The molecule has 1 aliphatic carbocycles. The van der Waals surface area contributed by atoms with Crippen LogP contribution in [0.25, 0.3) is 0 Å². The Bertz CT molecular complexity index is 1410. The fourth-order valence-corrected chi connectivity index (χ4v) is 5.27. The van der Waals surface area contributed by atoms with Crippen LogP contribution >= 0.6 is 0 Å². The van der Waals surface area contributed by atoms with Gasteiger partial charge in [-0.2, -0.15) is 0 Å². The number of hydrogen-bond donors (Lipinski definition) is 2. The first-order valence-corrected chi connectivity index (χ1v) is 12.3. The normalized spacial score (nSPS) is 19.0. The molecule has 0 radical (unpaired) electrons. The molecule has 6 nitrogen and oxygen atoms in total. The fraction of sp³-hybridized carbons (Fsp3) is 0.233. The molecule has 1 heterocycles. The van der Waals surface area contributed by atoms with Crippen LogP contribution in [0.4, 0.5) is 15.8 Å². The Balaban J connectivity index is 1.69. The summed E-state index contributed by atoms with van der Waals surface area (Å²) in [6.07, 6.45) is 0.0876. The molecule has 2 aliphatic rings. The molecule has 0 saturated carbocycles. The first-order valence-electron chi connectivity index (χ1n) is 12.3. The number of nitrogens with zero attached hydrogens (tertiary/aromatic N) is 1. The van der Waals surface area contributed by atoms with E-state index in [-0.39, 0.29) is 36.5 Å². The van der Waals surface area contributed by atoms with E-state index in [1.807, 2.05) is 37.3 Å². The van der Waals surface area contributed by atoms with E-state index in [2.05, 4.69) is 5.32 Å². The zero-order valence-corrected chi connectivity index (χ0v) is 20.4. The number of benzene rings is 3. The fourth-order valence-electron chi connectivity index (χ4n) is 5.27. The summed E-state index contributed by atoms with van der Waals surface area (Å²) in [5.74, 6) is -2.37. The number of carboxylic acids is 1. The number of carboxylic acid groups (broad SMARTS) is 1. The van der Waals surface area contributed by atoms with Crippen LogP contribution in [0.1, 0.15) is 54.3 Å². The first kappa shape index (κ1) is 24.4. The Morgan fingerprint density at radius 1 is 0.973 bits per heavy atom. The summed E-state index contributed by atoms with van der Waals surface area (Å²) < 4.78 is 15.3. The Kier molecular flexibility index (Phi) is 6.61. The van der Waals surface area contributed by atoms with Crippen molar-refractivity contribution in [3.8, 4) is 0 Å². The van der Waals surface area contributed by atoms with Crippen molar-refractivity contribution in [2.24, 2.45) is 0 Å². The third kappa shape index (κ3) is 4.77. The zero-order chi connectivity index (χ0) is 26.1. The lowest BCUT2D eigenvalue weighted by molar-refractivity contribution is -0.138. The molecule has 37 heavy (non-hydrogen) atoms. The highest BCUT2D eigenvalue weighted by molar-refractivity contribution is 6.06. The van der Waals surface area contributed by atoms with Gasteiger partial charge in [-0.25, -0.2) is 4.39 Å². The van der Waals surface area contributed by atoms with Gasteiger partial charge in [-0.1, -0.05) is 60.2 Å². The van der Waals surface area contributed by atoms with E-state index in [1.165, 1.54) is 11.0 Å². The molecule has 1 aliphatic heterocycles. The van der Waals surface area contributed by atoms with Crippen molar-refractivity contribution in [1.29, 1.82) is 0 Å². The number of para-hydroxylation sites is 2. The van der Waals surface area contributed by atoms with E-state index >= 15 is 4.39 Å². The van der Waals surface area contributed by atoms with Crippen molar-refractivity contribution < 1.29 is 23.9 Å².